The molecule has 4 aliphatic rings. The molecule has 3 aromatic carbocycles. The van der Waals surface area contributed by atoms with Crippen LogP contribution in [0.2, 0.25) is 0 Å². The number of hydrogen-bond donors (Lipinski definition) is 4. The van der Waals surface area contributed by atoms with Crippen molar-refractivity contribution >= 4 is 17.1 Å². The first-order valence-corrected chi connectivity index (χ1v) is 14.8. The number of benzene rings is 3. The van der Waals surface area contributed by atoms with Gasteiger partial charge in [0.15, 0.2) is 0 Å². The van der Waals surface area contributed by atoms with E-state index in [0.717, 1.165) is 25.9 Å². The highest BCUT2D eigenvalue weighted by Gasteiger charge is 2.42. The summed E-state index contributed by atoms with van der Waals surface area (Å²) in [4.78, 5) is 8.13. The standard InChI is InChI=1S/C32H41N7/c1-4-11-24(12-5-1)37-27-17-10-18-28(19-27)38(25-13-6-2-7-14-25)31-21-30(23-34-35-31)39(26-15-8-3-9-16-26)32-20-29(37)22-33-36-32/h1-9,11-16,27-36H,10,17-23H2. The van der Waals surface area contributed by atoms with Gasteiger partial charge in [0.05, 0.1) is 12.3 Å². The minimum atomic E-state index is 0.187. The second-order valence-corrected chi connectivity index (χ2v) is 11.6. The average molecular weight is 524 g/mol. The van der Waals surface area contributed by atoms with Gasteiger partial charge in [0.1, 0.15) is 0 Å². The number of hydrazine groups is 2. The number of fused-ring (bicyclic) bond motifs is 6. The predicted octanol–water partition coefficient (Wildman–Crippen LogP) is 4.22. The van der Waals surface area contributed by atoms with Crippen molar-refractivity contribution in [3.63, 3.8) is 0 Å². The van der Waals surface area contributed by atoms with E-state index in [2.05, 4.69) is 127 Å². The first-order chi connectivity index (χ1) is 19.3. The Morgan fingerprint density at radius 2 is 0.872 bits per heavy atom. The van der Waals surface area contributed by atoms with Crippen LogP contribution in [0.5, 0.6) is 0 Å². The molecule has 6 unspecified atom stereocenters. The second kappa shape index (κ2) is 11.2. The lowest BCUT2D eigenvalue weighted by molar-refractivity contribution is 0.205. The molecule has 6 atom stereocenters. The van der Waals surface area contributed by atoms with Crippen LogP contribution in [-0.2, 0) is 0 Å². The summed E-state index contributed by atoms with van der Waals surface area (Å²) in [5, 5.41) is 0. The Hall–Kier alpha value is -3.10. The van der Waals surface area contributed by atoms with E-state index in [1.54, 1.807) is 0 Å². The molecule has 0 radical (unpaired) electrons. The Morgan fingerprint density at radius 1 is 0.462 bits per heavy atom. The Bertz CT molecular complexity index is 1010. The van der Waals surface area contributed by atoms with Gasteiger partial charge >= 0.3 is 0 Å². The van der Waals surface area contributed by atoms with Gasteiger partial charge in [0.25, 0.3) is 0 Å². The van der Waals surface area contributed by atoms with E-state index in [1.807, 2.05) is 0 Å². The molecule has 7 heteroatoms. The largest absolute Gasteiger partial charge is 0.364 e. The van der Waals surface area contributed by atoms with Crippen molar-refractivity contribution in [2.45, 2.75) is 75.0 Å². The molecule has 39 heavy (non-hydrogen) atoms. The first kappa shape index (κ1) is 24.9. The van der Waals surface area contributed by atoms with Crippen LogP contribution < -0.4 is 36.4 Å². The van der Waals surface area contributed by atoms with E-state index in [4.69, 9.17) is 0 Å². The summed E-state index contributed by atoms with van der Waals surface area (Å²) in [6.45, 7) is 1.83. The van der Waals surface area contributed by atoms with E-state index in [0.29, 0.717) is 24.2 Å². The van der Waals surface area contributed by atoms with Crippen molar-refractivity contribution in [1.82, 2.24) is 21.7 Å². The van der Waals surface area contributed by atoms with Crippen molar-refractivity contribution in [3.05, 3.63) is 91.0 Å². The third kappa shape index (κ3) is 5.00. The summed E-state index contributed by atoms with van der Waals surface area (Å²) in [6, 6.07) is 35.0. The lowest BCUT2D eigenvalue weighted by Gasteiger charge is -2.54. The smallest absolute Gasteiger partial charge is 0.0945 e. The van der Waals surface area contributed by atoms with E-state index < -0.39 is 0 Å². The van der Waals surface area contributed by atoms with Crippen molar-refractivity contribution in [2.75, 3.05) is 27.8 Å². The maximum absolute atomic E-state index is 3.72. The van der Waals surface area contributed by atoms with Crippen LogP contribution in [0.4, 0.5) is 17.1 Å². The highest BCUT2D eigenvalue weighted by atomic mass is 15.5. The number of para-hydroxylation sites is 3. The molecule has 0 amide bonds. The Labute approximate surface area is 232 Å². The maximum Gasteiger partial charge on any atom is 0.0945 e. The van der Waals surface area contributed by atoms with Gasteiger partial charge in [-0.05, 0) is 62.1 Å². The summed E-state index contributed by atoms with van der Waals surface area (Å²) in [6.07, 6.45) is 7.40. The molecule has 3 heterocycles. The van der Waals surface area contributed by atoms with Gasteiger partial charge in [-0.15, -0.1) is 0 Å². The van der Waals surface area contributed by atoms with Crippen LogP contribution in [0.15, 0.2) is 91.0 Å². The summed E-state index contributed by atoms with van der Waals surface area (Å²) < 4.78 is 0. The number of nitrogens with one attached hydrogen (secondary N) is 4. The molecule has 0 aromatic heterocycles. The van der Waals surface area contributed by atoms with Crippen LogP contribution >= 0.6 is 0 Å². The van der Waals surface area contributed by atoms with Crippen LogP contribution in [0.1, 0.15) is 38.5 Å². The molecule has 3 aromatic rings. The maximum atomic E-state index is 3.72. The average Bonchev–Trinajstić information content (AvgIpc) is 3.00. The molecule has 1 aliphatic carbocycles. The SMILES string of the molecule is c1ccc(N2C3CCCC(C3)N(c3ccccc3)C3CC(CNN3)N(c3ccccc3)C3CC2CNN3)cc1. The fourth-order valence-electron chi connectivity index (χ4n) is 7.63. The fraction of sp³-hybridized carbons (Fsp3) is 0.438. The topological polar surface area (TPSA) is 57.8 Å². The van der Waals surface area contributed by atoms with Crippen molar-refractivity contribution in [2.24, 2.45) is 0 Å². The first-order valence-electron chi connectivity index (χ1n) is 14.8. The molecule has 204 valence electrons. The molecular formula is C32H41N7. The summed E-state index contributed by atoms with van der Waals surface area (Å²) in [7, 11) is 0. The van der Waals surface area contributed by atoms with Crippen molar-refractivity contribution in [1.29, 1.82) is 0 Å². The van der Waals surface area contributed by atoms with E-state index >= 15 is 0 Å². The van der Waals surface area contributed by atoms with Gasteiger partial charge in [-0.1, -0.05) is 54.6 Å². The third-order valence-corrected chi connectivity index (χ3v) is 9.23. The minimum Gasteiger partial charge on any atom is -0.364 e. The lowest BCUT2D eigenvalue weighted by atomic mass is 9.85. The molecule has 4 fully saturated rings. The summed E-state index contributed by atoms with van der Waals surface area (Å²) in [5.74, 6) is 0. The van der Waals surface area contributed by atoms with Crippen LogP contribution in [0, 0.1) is 0 Å². The van der Waals surface area contributed by atoms with Crippen molar-refractivity contribution < 1.29 is 0 Å². The molecule has 3 aliphatic heterocycles. The Kier molecular flexibility index (Phi) is 7.14. The highest BCUT2D eigenvalue weighted by molar-refractivity contribution is 5.53. The lowest BCUT2D eigenvalue weighted by Crippen LogP contribution is -2.71. The van der Waals surface area contributed by atoms with E-state index in [-0.39, 0.29) is 12.3 Å². The summed E-state index contributed by atoms with van der Waals surface area (Å²) >= 11 is 0. The van der Waals surface area contributed by atoms with Gasteiger partial charge in [-0.25, -0.2) is 10.9 Å². The van der Waals surface area contributed by atoms with Gasteiger partial charge in [0, 0.05) is 67.2 Å². The Morgan fingerprint density at radius 3 is 1.38 bits per heavy atom. The molecule has 7 rings (SSSR count). The van der Waals surface area contributed by atoms with Crippen molar-refractivity contribution in [3.8, 4) is 0 Å². The zero-order valence-corrected chi connectivity index (χ0v) is 22.6. The van der Waals surface area contributed by atoms with Crippen LogP contribution in [-0.4, -0.2) is 49.6 Å². The number of rotatable bonds is 3. The summed E-state index contributed by atoms with van der Waals surface area (Å²) in [5.41, 5.74) is 18.7. The number of hydrogen-bond acceptors (Lipinski definition) is 7. The van der Waals surface area contributed by atoms with Crippen LogP contribution in [0.25, 0.3) is 0 Å². The predicted molar refractivity (Wildman–Crippen MR) is 159 cm³/mol. The molecule has 7 nitrogen and oxygen atoms in total. The van der Waals surface area contributed by atoms with E-state index in [1.165, 1.54) is 42.7 Å². The molecule has 4 N–H and O–H groups in total. The minimum absolute atomic E-state index is 0.187. The molecule has 1 saturated carbocycles. The molecule has 6 bridgehead atoms. The van der Waals surface area contributed by atoms with Crippen LogP contribution in [0.3, 0.4) is 0 Å². The van der Waals surface area contributed by atoms with Gasteiger partial charge in [-0.2, -0.15) is 0 Å². The van der Waals surface area contributed by atoms with E-state index in [9.17, 15) is 0 Å². The van der Waals surface area contributed by atoms with Gasteiger partial charge < -0.3 is 14.7 Å². The molecule has 0 spiro atoms. The fourth-order valence-corrected chi connectivity index (χ4v) is 7.63. The quantitative estimate of drug-likeness (QED) is 0.410. The monoisotopic (exact) mass is 523 g/mol. The highest BCUT2D eigenvalue weighted by Crippen LogP contribution is 2.38. The zero-order chi connectivity index (χ0) is 26.0. The van der Waals surface area contributed by atoms with Gasteiger partial charge in [0.2, 0.25) is 0 Å². The molecular weight excluding hydrogens is 482 g/mol. The number of nitrogens with zero attached hydrogens (tertiary/aromatic N) is 3. The van der Waals surface area contributed by atoms with Gasteiger partial charge in [-0.3, -0.25) is 10.9 Å². The zero-order valence-electron chi connectivity index (χ0n) is 22.6. The third-order valence-electron chi connectivity index (χ3n) is 9.23. The number of anilines is 3. The molecule has 3 saturated heterocycles. The Balaban J connectivity index is 1.35. The normalized spacial score (nSPS) is 31.2. The second-order valence-electron chi connectivity index (χ2n) is 11.6.